The van der Waals surface area contributed by atoms with Gasteiger partial charge in [-0.25, -0.2) is 9.18 Å². The third-order valence-corrected chi connectivity index (χ3v) is 2.66. The minimum Gasteiger partial charge on any atom is -0.465 e. The number of hydrogen-bond donors (Lipinski definition) is 0. The molecule has 11 heteroatoms. The van der Waals surface area contributed by atoms with Crippen LogP contribution in [0.2, 0.25) is 5.15 Å². The zero-order valence-electron chi connectivity index (χ0n) is 11.7. The van der Waals surface area contributed by atoms with Gasteiger partial charge >= 0.3 is 12.3 Å². The van der Waals surface area contributed by atoms with Crippen LogP contribution in [0.3, 0.4) is 0 Å². The Labute approximate surface area is 136 Å². The monoisotopic (exact) mass is 366 g/mol. The van der Waals surface area contributed by atoms with Gasteiger partial charge in [-0.05, 0) is 18.2 Å². The van der Waals surface area contributed by atoms with Gasteiger partial charge in [0.2, 0.25) is 0 Å². The lowest BCUT2D eigenvalue weighted by molar-refractivity contribution is -0.274. The molecule has 6 nitrogen and oxygen atoms in total. The summed E-state index contributed by atoms with van der Waals surface area (Å²) < 4.78 is 63.5. The molecule has 0 radical (unpaired) electrons. The molecule has 2 rings (SSSR count). The van der Waals surface area contributed by atoms with E-state index in [1.54, 1.807) is 0 Å². The van der Waals surface area contributed by atoms with Crippen LogP contribution in [0.4, 0.5) is 17.6 Å². The highest BCUT2D eigenvalue weighted by Gasteiger charge is 2.31. The maximum atomic E-state index is 13.7. The number of aromatic nitrogens is 2. The predicted octanol–water partition coefficient (Wildman–Crippen LogP) is 3.75. The van der Waals surface area contributed by atoms with Crippen LogP contribution in [-0.4, -0.2) is 29.6 Å². The quantitative estimate of drug-likeness (QED) is 0.606. The highest BCUT2D eigenvalue weighted by Crippen LogP contribution is 2.32. The summed E-state index contributed by atoms with van der Waals surface area (Å²) in [5.41, 5.74) is -0.293. The van der Waals surface area contributed by atoms with Gasteiger partial charge in [0.05, 0.1) is 7.11 Å². The molecule has 0 saturated carbocycles. The van der Waals surface area contributed by atoms with Crippen molar-refractivity contribution in [2.45, 2.75) is 6.36 Å². The number of hydrogen-bond acceptors (Lipinski definition) is 6. The molecule has 0 atom stereocenters. The number of halogens is 5. The van der Waals surface area contributed by atoms with Crippen molar-refractivity contribution in [1.82, 2.24) is 10.2 Å². The van der Waals surface area contributed by atoms with Crippen LogP contribution in [0.5, 0.6) is 17.4 Å². The lowest BCUT2D eigenvalue weighted by Gasteiger charge is -2.12. The molecule has 0 bridgehead atoms. The summed E-state index contributed by atoms with van der Waals surface area (Å²) in [5, 5.41) is 6.70. The number of methoxy groups -OCH3 is 1. The van der Waals surface area contributed by atoms with Crippen LogP contribution in [0.15, 0.2) is 24.3 Å². The van der Waals surface area contributed by atoms with Crippen molar-refractivity contribution in [2.24, 2.45) is 0 Å². The minimum absolute atomic E-state index is 0.169. The molecule has 0 saturated heterocycles. The fourth-order valence-electron chi connectivity index (χ4n) is 1.55. The van der Waals surface area contributed by atoms with Crippen molar-refractivity contribution < 1.29 is 36.6 Å². The highest BCUT2D eigenvalue weighted by atomic mass is 35.5. The Bertz CT molecular complexity index is 770. The number of carbonyl (C=O) groups is 1. The summed E-state index contributed by atoms with van der Waals surface area (Å²) in [7, 11) is 1.07. The maximum Gasteiger partial charge on any atom is 0.573 e. The SMILES string of the molecule is COC(=O)c1cc(Cl)nnc1Oc1cc(OC(F)(F)F)ccc1F. The van der Waals surface area contributed by atoms with Crippen LogP contribution in [0, 0.1) is 5.82 Å². The first kappa shape index (κ1) is 17.7. The van der Waals surface area contributed by atoms with Gasteiger partial charge in [0.25, 0.3) is 5.88 Å². The first-order chi connectivity index (χ1) is 11.2. The van der Waals surface area contributed by atoms with Crippen molar-refractivity contribution in [3.05, 3.63) is 40.8 Å². The largest absolute Gasteiger partial charge is 0.573 e. The lowest BCUT2D eigenvalue weighted by atomic mass is 10.3. The highest BCUT2D eigenvalue weighted by molar-refractivity contribution is 6.29. The molecule has 0 unspecified atom stereocenters. The van der Waals surface area contributed by atoms with E-state index in [0.717, 1.165) is 19.2 Å². The summed E-state index contributed by atoms with van der Waals surface area (Å²) in [4.78, 5) is 11.6. The predicted molar refractivity (Wildman–Crippen MR) is 71.5 cm³/mol. The van der Waals surface area contributed by atoms with Crippen LogP contribution < -0.4 is 9.47 Å². The first-order valence-electron chi connectivity index (χ1n) is 6.04. The maximum absolute atomic E-state index is 13.7. The van der Waals surface area contributed by atoms with Crippen molar-refractivity contribution in [1.29, 1.82) is 0 Å². The molecule has 0 aliphatic carbocycles. The van der Waals surface area contributed by atoms with E-state index in [2.05, 4.69) is 19.7 Å². The zero-order chi connectivity index (χ0) is 17.9. The number of nitrogens with zero attached hydrogens (tertiary/aromatic N) is 2. The topological polar surface area (TPSA) is 70.5 Å². The third-order valence-electron chi connectivity index (χ3n) is 2.48. The van der Waals surface area contributed by atoms with E-state index in [1.807, 2.05) is 0 Å². The summed E-state index contributed by atoms with van der Waals surface area (Å²) in [6.07, 6.45) is -4.97. The third kappa shape index (κ3) is 4.44. The average molecular weight is 367 g/mol. The Hall–Kier alpha value is -2.62. The van der Waals surface area contributed by atoms with Gasteiger partial charge in [-0.3, -0.25) is 0 Å². The van der Waals surface area contributed by atoms with Gasteiger partial charge in [-0.2, -0.15) is 0 Å². The smallest absolute Gasteiger partial charge is 0.465 e. The molecule has 0 spiro atoms. The van der Waals surface area contributed by atoms with Crippen molar-refractivity contribution in [3.63, 3.8) is 0 Å². The molecule has 1 aromatic carbocycles. The lowest BCUT2D eigenvalue weighted by Crippen LogP contribution is -2.17. The molecule has 0 fully saturated rings. The molecule has 24 heavy (non-hydrogen) atoms. The van der Waals surface area contributed by atoms with E-state index in [1.165, 1.54) is 0 Å². The number of ether oxygens (including phenoxy) is 3. The van der Waals surface area contributed by atoms with Gasteiger partial charge in [-0.1, -0.05) is 11.6 Å². The molecular formula is C13H7ClF4N2O4. The second-order valence-electron chi connectivity index (χ2n) is 4.12. The first-order valence-corrected chi connectivity index (χ1v) is 6.42. The standard InChI is InChI=1S/C13H7ClF4N2O4/c1-22-12(21)7-5-10(14)19-20-11(7)23-9-4-6(2-3-8(9)15)24-13(16,17)18/h2-5H,1H3. The van der Waals surface area contributed by atoms with Crippen molar-refractivity contribution >= 4 is 17.6 Å². The molecule has 0 N–H and O–H groups in total. The van der Waals surface area contributed by atoms with Gasteiger partial charge < -0.3 is 14.2 Å². The summed E-state index contributed by atoms with van der Waals surface area (Å²) in [6, 6.07) is 3.13. The normalized spacial score (nSPS) is 11.1. The molecule has 0 aliphatic heterocycles. The second-order valence-corrected chi connectivity index (χ2v) is 4.51. The fourth-order valence-corrected chi connectivity index (χ4v) is 1.70. The molecule has 2 aromatic rings. The number of esters is 1. The van der Waals surface area contributed by atoms with Gasteiger partial charge in [0, 0.05) is 6.07 Å². The van der Waals surface area contributed by atoms with E-state index >= 15 is 0 Å². The van der Waals surface area contributed by atoms with Crippen LogP contribution >= 0.6 is 11.6 Å². The van der Waals surface area contributed by atoms with Gasteiger partial charge in [-0.15, -0.1) is 23.4 Å². The molecular weight excluding hydrogens is 360 g/mol. The average Bonchev–Trinajstić information content (AvgIpc) is 2.50. The van der Waals surface area contributed by atoms with Gasteiger partial charge in [0.15, 0.2) is 16.7 Å². The van der Waals surface area contributed by atoms with Crippen LogP contribution in [0.1, 0.15) is 10.4 Å². The van der Waals surface area contributed by atoms with Gasteiger partial charge in [0.1, 0.15) is 11.3 Å². The minimum atomic E-state index is -4.97. The Morgan fingerprint density at radius 2 is 1.92 bits per heavy atom. The Kier molecular flexibility index (Phi) is 5.07. The van der Waals surface area contributed by atoms with E-state index in [-0.39, 0.29) is 10.7 Å². The van der Waals surface area contributed by atoms with Crippen LogP contribution in [-0.2, 0) is 4.74 Å². The number of carbonyl (C=O) groups excluding carboxylic acids is 1. The Morgan fingerprint density at radius 3 is 2.54 bits per heavy atom. The molecule has 128 valence electrons. The molecule has 0 aliphatic rings. The van der Waals surface area contributed by atoms with E-state index < -0.39 is 35.5 Å². The number of alkyl halides is 3. The number of benzene rings is 1. The number of rotatable bonds is 4. The molecule has 0 amide bonds. The Morgan fingerprint density at radius 1 is 1.21 bits per heavy atom. The summed E-state index contributed by atoms with van der Waals surface area (Å²) in [5.74, 6) is -3.82. The Balaban J connectivity index is 2.38. The van der Waals surface area contributed by atoms with Crippen molar-refractivity contribution in [3.8, 4) is 17.4 Å². The summed E-state index contributed by atoms with van der Waals surface area (Å²) in [6.45, 7) is 0. The van der Waals surface area contributed by atoms with Crippen LogP contribution in [0.25, 0.3) is 0 Å². The summed E-state index contributed by atoms with van der Waals surface area (Å²) >= 11 is 5.59. The molecule has 1 aromatic heterocycles. The fraction of sp³-hybridized carbons (Fsp3) is 0.154. The second kappa shape index (κ2) is 6.87. The zero-order valence-corrected chi connectivity index (χ0v) is 12.5. The van der Waals surface area contributed by atoms with E-state index in [4.69, 9.17) is 16.3 Å². The molecule has 1 heterocycles. The van der Waals surface area contributed by atoms with Crippen molar-refractivity contribution in [2.75, 3.05) is 7.11 Å². The van der Waals surface area contributed by atoms with E-state index in [9.17, 15) is 22.4 Å². The van der Waals surface area contributed by atoms with E-state index in [0.29, 0.717) is 12.1 Å².